The second kappa shape index (κ2) is 5.82. The highest BCUT2D eigenvalue weighted by molar-refractivity contribution is 5.21. The summed E-state index contributed by atoms with van der Waals surface area (Å²) in [7, 11) is 0. The van der Waals surface area contributed by atoms with Crippen molar-refractivity contribution in [3.8, 4) is 0 Å². The third-order valence-electron chi connectivity index (χ3n) is 5.42. The molecule has 1 saturated carbocycles. The highest BCUT2D eigenvalue weighted by atomic mass is 19.1. The molecule has 2 nitrogen and oxygen atoms in total. The van der Waals surface area contributed by atoms with Gasteiger partial charge in [-0.25, -0.2) is 4.39 Å². The van der Waals surface area contributed by atoms with Gasteiger partial charge in [0.1, 0.15) is 5.82 Å². The van der Waals surface area contributed by atoms with E-state index in [2.05, 4.69) is 4.90 Å². The molecule has 1 unspecified atom stereocenters. The van der Waals surface area contributed by atoms with Gasteiger partial charge in [-0.1, -0.05) is 25.0 Å². The molecule has 0 bridgehead atoms. The van der Waals surface area contributed by atoms with Gasteiger partial charge in [-0.3, -0.25) is 4.90 Å². The van der Waals surface area contributed by atoms with Crippen LogP contribution in [0.15, 0.2) is 24.3 Å². The van der Waals surface area contributed by atoms with Crippen LogP contribution in [0.1, 0.15) is 50.1 Å². The lowest BCUT2D eigenvalue weighted by molar-refractivity contribution is 0.0779. The van der Waals surface area contributed by atoms with E-state index in [-0.39, 0.29) is 11.9 Å². The molecule has 0 radical (unpaired) electrons. The van der Waals surface area contributed by atoms with Crippen LogP contribution in [0.25, 0.3) is 0 Å². The van der Waals surface area contributed by atoms with Crippen LogP contribution < -0.4 is 5.73 Å². The molecule has 1 aromatic carbocycles. The Balaban J connectivity index is 1.69. The lowest BCUT2D eigenvalue weighted by atomic mass is 9.76. The Kier molecular flexibility index (Phi) is 4.08. The van der Waals surface area contributed by atoms with Crippen molar-refractivity contribution in [2.75, 3.05) is 19.6 Å². The van der Waals surface area contributed by atoms with Crippen LogP contribution >= 0.6 is 0 Å². The number of halogens is 1. The SMILES string of the molecule is NCC(c1cccc(F)c1)N1CCC2(CCCC2)CC1. The van der Waals surface area contributed by atoms with Gasteiger partial charge in [0.15, 0.2) is 0 Å². The van der Waals surface area contributed by atoms with Crippen molar-refractivity contribution in [2.45, 2.75) is 44.6 Å². The van der Waals surface area contributed by atoms with Crippen molar-refractivity contribution < 1.29 is 4.39 Å². The maximum Gasteiger partial charge on any atom is 0.123 e. The zero-order chi connectivity index (χ0) is 14.0. The van der Waals surface area contributed by atoms with Crippen molar-refractivity contribution in [3.05, 3.63) is 35.6 Å². The number of benzene rings is 1. The number of nitrogens with zero attached hydrogens (tertiary/aromatic N) is 1. The van der Waals surface area contributed by atoms with Crippen molar-refractivity contribution in [1.29, 1.82) is 0 Å². The lowest BCUT2D eigenvalue weighted by Gasteiger charge is -2.42. The molecular formula is C17H25FN2. The van der Waals surface area contributed by atoms with Crippen LogP contribution in [0.5, 0.6) is 0 Å². The van der Waals surface area contributed by atoms with E-state index in [9.17, 15) is 4.39 Å². The molecule has 3 heteroatoms. The number of likely N-dealkylation sites (tertiary alicyclic amines) is 1. The van der Waals surface area contributed by atoms with Crippen LogP contribution in [0.3, 0.4) is 0 Å². The minimum absolute atomic E-state index is 0.162. The van der Waals surface area contributed by atoms with Gasteiger partial charge in [-0.2, -0.15) is 0 Å². The summed E-state index contributed by atoms with van der Waals surface area (Å²) in [6.07, 6.45) is 8.22. The Labute approximate surface area is 121 Å². The third-order valence-corrected chi connectivity index (χ3v) is 5.42. The minimum atomic E-state index is -0.162. The Hall–Kier alpha value is -0.930. The molecule has 1 atom stereocenters. The molecule has 1 spiro atoms. The average molecular weight is 276 g/mol. The third kappa shape index (κ3) is 2.75. The lowest BCUT2D eigenvalue weighted by Crippen LogP contribution is -2.43. The molecule has 2 fully saturated rings. The summed E-state index contributed by atoms with van der Waals surface area (Å²) in [6.45, 7) is 2.78. The molecule has 0 aromatic heterocycles. The average Bonchev–Trinajstić information content (AvgIpc) is 2.91. The zero-order valence-corrected chi connectivity index (χ0v) is 12.2. The van der Waals surface area contributed by atoms with Gasteiger partial charge in [-0.05, 0) is 61.9 Å². The van der Waals surface area contributed by atoms with E-state index in [1.54, 1.807) is 12.1 Å². The molecule has 1 aliphatic heterocycles. The molecule has 110 valence electrons. The molecule has 1 aromatic rings. The second-order valence-electron chi connectivity index (χ2n) is 6.55. The molecule has 3 rings (SSSR count). The van der Waals surface area contributed by atoms with Crippen LogP contribution in [0.4, 0.5) is 4.39 Å². The summed E-state index contributed by atoms with van der Waals surface area (Å²) < 4.78 is 13.4. The fraction of sp³-hybridized carbons (Fsp3) is 0.647. The fourth-order valence-electron chi connectivity index (χ4n) is 4.14. The molecule has 2 aliphatic rings. The Morgan fingerprint density at radius 3 is 2.45 bits per heavy atom. The predicted molar refractivity (Wildman–Crippen MR) is 79.9 cm³/mol. The van der Waals surface area contributed by atoms with E-state index in [0.29, 0.717) is 12.0 Å². The largest absolute Gasteiger partial charge is 0.329 e. The van der Waals surface area contributed by atoms with Gasteiger partial charge in [0.05, 0.1) is 0 Å². The molecule has 1 saturated heterocycles. The van der Waals surface area contributed by atoms with Crippen molar-refractivity contribution >= 4 is 0 Å². The number of rotatable bonds is 3. The van der Waals surface area contributed by atoms with Gasteiger partial charge in [0.2, 0.25) is 0 Å². The Morgan fingerprint density at radius 1 is 1.15 bits per heavy atom. The number of piperidine rings is 1. The smallest absolute Gasteiger partial charge is 0.123 e. The van der Waals surface area contributed by atoms with Crippen molar-refractivity contribution in [1.82, 2.24) is 4.90 Å². The first-order valence-electron chi connectivity index (χ1n) is 7.92. The molecule has 20 heavy (non-hydrogen) atoms. The van der Waals surface area contributed by atoms with E-state index < -0.39 is 0 Å². The normalized spacial score (nSPS) is 24.1. The summed E-state index contributed by atoms with van der Waals surface area (Å²) in [5, 5.41) is 0. The van der Waals surface area contributed by atoms with E-state index in [4.69, 9.17) is 5.73 Å². The number of nitrogens with two attached hydrogens (primary N) is 1. The molecule has 1 heterocycles. The summed E-state index contributed by atoms with van der Waals surface area (Å²) in [4.78, 5) is 2.46. The first-order chi connectivity index (χ1) is 9.72. The van der Waals surface area contributed by atoms with Crippen LogP contribution in [0.2, 0.25) is 0 Å². The first-order valence-corrected chi connectivity index (χ1v) is 7.92. The summed E-state index contributed by atoms with van der Waals surface area (Å²) >= 11 is 0. The summed E-state index contributed by atoms with van der Waals surface area (Å²) in [5.41, 5.74) is 7.61. The number of hydrogen-bond donors (Lipinski definition) is 1. The van der Waals surface area contributed by atoms with Crippen molar-refractivity contribution in [3.63, 3.8) is 0 Å². The zero-order valence-electron chi connectivity index (χ0n) is 12.2. The van der Waals surface area contributed by atoms with E-state index in [1.165, 1.54) is 44.6 Å². The van der Waals surface area contributed by atoms with Crippen LogP contribution in [-0.4, -0.2) is 24.5 Å². The highest BCUT2D eigenvalue weighted by Gasteiger charge is 2.38. The standard InChI is InChI=1S/C17H25FN2/c18-15-5-3-4-14(12-15)16(13-19)20-10-8-17(9-11-20)6-1-2-7-17/h3-5,12,16H,1-2,6-11,13,19H2. The van der Waals surface area contributed by atoms with Crippen LogP contribution in [-0.2, 0) is 0 Å². The number of hydrogen-bond acceptors (Lipinski definition) is 2. The van der Waals surface area contributed by atoms with Gasteiger partial charge in [-0.15, -0.1) is 0 Å². The quantitative estimate of drug-likeness (QED) is 0.915. The van der Waals surface area contributed by atoms with Gasteiger partial charge < -0.3 is 5.73 Å². The molecule has 0 amide bonds. The minimum Gasteiger partial charge on any atom is -0.329 e. The van der Waals surface area contributed by atoms with Gasteiger partial charge >= 0.3 is 0 Å². The summed E-state index contributed by atoms with van der Waals surface area (Å²) in [6, 6.07) is 7.10. The molecule has 2 N–H and O–H groups in total. The second-order valence-corrected chi connectivity index (χ2v) is 6.55. The van der Waals surface area contributed by atoms with Crippen LogP contribution in [0, 0.1) is 11.2 Å². The summed E-state index contributed by atoms with van der Waals surface area (Å²) in [5.74, 6) is -0.162. The molecular weight excluding hydrogens is 251 g/mol. The maximum atomic E-state index is 13.4. The molecule has 1 aliphatic carbocycles. The fourth-order valence-corrected chi connectivity index (χ4v) is 4.14. The maximum absolute atomic E-state index is 13.4. The topological polar surface area (TPSA) is 29.3 Å². The van der Waals surface area contributed by atoms with Gasteiger partial charge in [0, 0.05) is 12.6 Å². The van der Waals surface area contributed by atoms with Gasteiger partial charge in [0.25, 0.3) is 0 Å². The monoisotopic (exact) mass is 276 g/mol. The highest BCUT2D eigenvalue weighted by Crippen LogP contribution is 2.47. The van der Waals surface area contributed by atoms with E-state index in [0.717, 1.165) is 18.7 Å². The van der Waals surface area contributed by atoms with E-state index in [1.807, 2.05) is 6.07 Å². The Bertz CT molecular complexity index is 444. The first kappa shape index (κ1) is 14.0. The van der Waals surface area contributed by atoms with E-state index >= 15 is 0 Å². The predicted octanol–water partition coefficient (Wildman–Crippen LogP) is 3.48. The Morgan fingerprint density at radius 2 is 1.85 bits per heavy atom. The van der Waals surface area contributed by atoms with Crippen molar-refractivity contribution in [2.24, 2.45) is 11.1 Å².